The van der Waals surface area contributed by atoms with E-state index in [1.165, 1.54) is 19.2 Å². The normalized spacial score (nSPS) is 13.2. The van der Waals surface area contributed by atoms with Gasteiger partial charge in [-0.1, -0.05) is 11.8 Å². The van der Waals surface area contributed by atoms with Crippen LogP contribution < -0.4 is 16.2 Å². The Kier molecular flexibility index (Phi) is 7.58. The first-order chi connectivity index (χ1) is 16.6. The zero-order chi connectivity index (χ0) is 23.8. The first-order valence-electron chi connectivity index (χ1n) is 11.3. The summed E-state index contributed by atoms with van der Waals surface area (Å²) in [5.41, 5.74) is 2.81. The molecule has 1 aliphatic rings. The molecule has 0 unspecified atom stereocenters. The summed E-state index contributed by atoms with van der Waals surface area (Å²) in [7, 11) is 0. The summed E-state index contributed by atoms with van der Waals surface area (Å²) in [6.07, 6.45) is 3.75. The summed E-state index contributed by atoms with van der Waals surface area (Å²) in [4.78, 5) is 32.4. The molecule has 34 heavy (non-hydrogen) atoms. The molecule has 0 atom stereocenters. The van der Waals surface area contributed by atoms with Gasteiger partial charge in [0.1, 0.15) is 5.69 Å². The van der Waals surface area contributed by atoms with Crippen molar-refractivity contribution in [2.75, 3.05) is 31.5 Å². The second-order valence-corrected chi connectivity index (χ2v) is 8.09. The van der Waals surface area contributed by atoms with E-state index in [4.69, 9.17) is 0 Å². The van der Waals surface area contributed by atoms with E-state index in [0.717, 1.165) is 36.4 Å². The number of carbonyl (C=O) groups excluding carboxylic acids is 1. The van der Waals surface area contributed by atoms with E-state index in [9.17, 15) is 14.7 Å². The van der Waals surface area contributed by atoms with Crippen molar-refractivity contribution in [2.45, 2.75) is 19.4 Å². The van der Waals surface area contributed by atoms with Gasteiger partial charge >= 0.3 is 0 Å². The van der Waals surface area contributed by atoms with Crippen molar-refractivity contribution in [3.63, 3.8) is 0 Å². The third-order valence-corrected chi connectivity index (χ3v) is 5.66. The van der Waals surface area contributed by atoms with Crippen LogP contribution in [0.25, 0.3) is 0 Å². The molecule has 8 heteroatoms. The molecule has 1 amide bonds. The first-order valence-corrected chi connectivity index (χ1v) is 11.3. The number of hydrogen-bond donors (Lipinski definition) is 4. The highest BCUT2D eigenvalue weighted by atomic mass is 16.3. The summed E-state index contributed by atoms with van der Waals surface area (Å²) in [5, 5.41) is 15.8. The Morgan fingerprint density at radius 1 is 1.03 bits per heavy atom. The number of carbonyl (C=O) groups is 1. The van der Waals surface area contributed by atoms with Crippen LogP contribution in [0.4, 0.5) is 5.69 Å². The largest absolute Gasteiger partial charge is 0.502 e. The minimum absolute atomic E-state index is 0.0644. The molecule has 0 saturated carbocycles. The predicted octanol–water partition coefficient (Wildman–Crippen LogP) is 2.31. The van der Waals surface area contributed by atoms with Crippen molar-refractivity contribution >= 4 is 11.6 Å². The minimum atomic E-state index is -0.566. The van der Waals surface area contributed by atoms with Gasteiger partial charge < -0.3 is 25.6 Å². The number of likely N-dealkylation sites (tertiary alicyclic amines) is 1. The zero-order valence-corrected chi connectivity index (χ0v) is 18.8. The molecule has 1 aliphatic heterocycles. The van der Waals surface area contributed by atoms with Crippen LogP contribution in [-0.4, -0.2) is 52.1 Å². The molecule has 174 valence electrons. The minimum Gasteiger partial charge on any atom is -0.502 e. The summed E-state index contributed by atoms with van der Waals surface area (Å²) in [5.74, 6) is 5.77. The molecule has 4 N–H and O–H groups in total. The van der Waals surface area contributed by atoms with E-state index in [-0.39, 0.29) is 23.9 Å². The number of anilines is 1. The molecule has 3 aromatic rings. The lowest BCUT2D eigenvalue weighted by Crippen LogP contribution is -2.33. The van der Waals surface area contributed by atoms with Crippen LogP contribution in [0.2, 0.25) is 0 Å². The van der Waals surface area contributed by atoms with Crippen molar-refractivity contribution in [1.29, 1.82) is 0 Å². The molecule has 0 aliphatic carbocycles. The van der Waals surface area contributed by atoms with Crippen LogP contribution in [-0.2, 0) is 6.54 Å². The number of hydrogen-bond acceptors (Lipinski definition) is 6. The maximum Gasteiger partial charge on any atom is 0.293 e. The summed E-state index contributed by atoms with van der Waals surface area (Å²) in [6.45, 7) is 4.03. The van der Waals surface area contributed by atoms with Gasteiger partial charge in [0.25, 0.3) is 11.5 Å². The van der Waals surface area contributed by atoms with Gasteiger partial charge in [-0.2, -0.15) is 0 Å². The molecular formula is C26H27N5O3. The zero-order valence-electron chi connectivity index (χ0n) is 18.8. The molecular weight excluding hydrogens is 430 g/mol. The van der Waals surface area contributed by atoms with Crippen molar-refractivity contribution in [2.24, 2.45) is 0 Å². The van der Waals surface area contributed by atoms with Crippen molar-refractivity contribution in [3.05, 3.63) is 87.6 Å². The maximum absolute atomic E-state index is 12.3. The number of nitrogens with one attached hydrogen (secondary N) is 3. The predicted molar refractivity (Wildman–Crippen MR) is 131 cm³/mol. The fraction of sp³-hybridized carbons (Fsp3) is 0.269. The molecule has 0 spiro atoms. The number of benzene rings is 2. The Labute approximate surface area is 198 Å². The number of aromatic amines is 1. The molecule has 2 aromatic carbocycles. The summed E-state index contributed by atoms with van der Waals surface area (Å²) >= 11 is 0. The third-order valence-electron chi connectivity index (χ3n) is 5.66. The second-order valence-electron chi connectivity index (χ2n) is 8.09. The molecule has 4 rings (SSSR count). The fourth-order valence-electron chi connectivity index (χ4n) is 3.70. The van der Waals surface area contributed by atoms with Crippen LogP contribution in [0.15, 0.2) is 59.7 Å². The average molecular weight is 458 g/mol. The van der Waals surface area contributed by atoms with Crippen LogP contribution in [0.5, 0.6) is 5.75 Å². The second kappa shape index (κ2) is 11.2. The van der Waals surface area contributed by atoms with E-state index < -0.39 is 5.56 Å². The first kappa shape index (κ1) is 23.1. The lowest BCUT2D eigenvalue weighted by atomic mass is 10.1. The highest BCUT2D eigenvalue weighted by Gasteiger charge is 2.11. The molecule has 0 bridgehead atoms. The quantitative estimate of drug-likeness (QED) is 0.406. The Morgan fingerprint density at radius 3 is 2.35 bits per heavy atom. The summed E-state index contributed by atoms with van der Waals surface area (Å²) < 4.78 is 0. The van der Waals surface area contributed by atoms with Gasteiger partial charge in [-0.05, 0) is 74.5 Å². The molecule has 1 saturated heterocycles. The van der Waals surface area contributed by atoms with Gasteiger partial charge in [0, 0.05) is 35.5 Å². The van der Waals surface area contributed by atoms with Crippen LogP contribution in [0.1, 0.15) is 40.0 Å². The number of aromatic nitrogens is 2. The Balaban J connectivity index is 1.28. The lowest BCUT2D eigenvalue weighted by Gasteiger charge is -2.14. The van der Waals surface area contributed by atoms with Gasteiger partial charge in [0.15, 0.2) is 0 Å². The molecule has 1 aromatic heterocycles. The monoisotopic (exact) mass is 457 g/mol. The smallest absolute Gasteiger partial charge is 0.293 e. The number of nitrogens with zero attached hydrogens (tertiary/aromatic N) is 2. The lowest BCUT2D eigenvalue weighted by molar-refractivity contribution is 0.0949. The van der Waals surface area contributed by atoms with Gasteiger partial charge in [-0.25, -0.2) is 4.98 Å². The topological polar surface area (TPSA) is 110 Å². The van der Waals surface area contributed by atoms with Crippen LogP contribution in [0.3, 0.4) is 0 Å². The van der Waals surface area contributed by atoms with Gasteiger partial charge in [0.05, 0.1) is 12.9 Å². The van der Waals surface area contributed by atoms with E-state index in [0.29, 0.717) is 12.1 Å². The van der Waals surface area contributed by atoms with E-state index in [2.05, 4.69) is 37.3 Å². The number of rotatable bonds is 7. The highest BCUT2D eigenvalue weighted by molar-refractivity contribution is 5.94. The van der Waals surface area contributed by atoms with Crippen molar-refractivity contribution < 1.29 is 9.90 Å². The van der Waals surface area contributed by atoms with E-state index in [1.54, 1.807) is 12.1 Å². The van der Waals surface area contributed by atoms with Gasteiger partial charge in [0.2, 0.25) is 5.75 Å². The number of amides is 1. The number of H-pyrrole nitrogens is 1. The molecule has 8 nitrogen and oxygen atoms in total. The standard InChI is InChI=1S/C26H27N5O3/c32-24-23(29-18-30-26(24)34)17-28-22-11-7-20(8-12-22)4-3-19-5-9-21(10-6-19)25(33)27-13-16-31-14-1-2-15-31/h5-12,18,28,32H,1-2,13-17H2,(H,27,33)(H,29,30,34). The SMILES string of the molecule is O=C(NCCN1CCCC1)c1ccc(C#Cc2ccc(NCc3nc[nH]c(=O)c3O)cc2)cc1. The van der Waals surface area contributed by atoms with E-state index in [1.807, 2.05) is 36.4 Å². The van der Waals surface area contributed by atoms with Gasteiger partial charge in [-0.3, -0.25) is 9.59 Å². The molecule has 1 fully saturated rings. The van der Waals surface area contributed by atoms with Crippen LogP contribution >= 0.6 is 0 Å². The summed E-state index contributed by atoms with van der Waals surface area (Å²) in [6, 6.07) is 14.8. The van der Waals surface area contributed by atoms with Crippen molar-refractivity contribution in [3.8, 4) is 17.6 Å². The Morgan fingerprint density at radius 2 is 1.68 bits per heavy atom. The van der Waals surface area contributed by atoms with E-state index >= 15 is 0 Å². The Hall–Kier alpha value is -4.09. The van der Waals surface area contributed by atoms with Crippen LogP contribution in [0, 0.1) is 11.8 Å². The molecule has 0 radical (unpaired) electrons. The maximum atomic E-state index is 12.3. The third kappa shape index (κ3) is 6.24. The molecule has 2 heterocycles. The average Bonchev–Trinajstić information content (AvgIpc) is 3.38. The van der Waals surface area contributed by atoms with Gasteiger partial charge in [-0.15, -0.1) is 0 Å². The Bertz CT molecular complexity index is 1230. The fourth-order valence-corrected chi connectivity index (χ4v) is 3.70. The number of aromatic hydroxyl groups is 1. The van der Waals surface area contributed by atoms with Crippen molar-refractivity contribution in [1.82, 2.24) is 20.2 Å². The highest BCUT2D eigenvalue weighted by Crippen LogP contribution is 2.13.